The SMILES string of the molecule is CCCCCCCCC(O)(CCCCCCCC)C(O)CCCCCC. The fourth-order valence-corrected chi connectivity index (χ4v) is 3.91. The van der Waals surface area contributed by atoms with E-state index >= 15 is 0 Å². The fourth-order valence-electron chi connectivity index (χ4n) is 3.91. The van der Waals surface area contributed by atoms with Crippen molar-refractivity contribution in [3.63, 3.8) is 0 Å². The average Bonchev–Trinajstić information content (AvgIpc) is 2.64. The molecule has 0 saturated heterocycles. The maximum Gasteiger partial charge on any atom is 0.0905 e. The molecule has 0 fully saturated rings. The summed E-state index contributed by atoms with van der Waals surface area (Å²) in [5, 5.41) is 21.9. The summed E-state index contributed by atoms with van der Waals surface area (Å²) in [6.45, 7) is 6.70. The van der Waals surface area contributed by atoms with Gasteiger partial charge in [-0.25, -0.2) is 0 Å². The first-order valence-corrected chi connectivity index (χ1v) is 12.0. The molecule has 0 spiro atoms. The van der Waals surface area contributed by atoms with E-state index in [1.165, 1.54) is 83.5 Å². The maximum absolute atomic E-state index is 11.2. The second-order valence-electron chi connectivity index (χ2n) is 8.50. The van der Waals surface area contributed by atoms with Crippen molar-refractivity contribution in [3.05, 3.63) is 0 Å². The lowest BCUT2D eigenvalue weighted by molar-refractivity contribution is -0.0919. The van der Waals surface area contributed by atoms with Gasteiger partial charge in [0.05, 0.1) is 11.7 Å². The number of hydrogen-bond acceptors (Lipinski definition) is 2. The fraction of sp³-hybridized carbons (Fsp3) is 1.00. The van der Waals surface area contributed by atoms with Crippen molar-refractivity contribution in [1.82, 2.24) is 0 Å². The topological polar surface area (TPSA) is 40.5 Å². The molecule has 26 heavy (non-hydrogen) atoms. The molecule has 0 rings (SSSR count). The summed E-state index contributed by atoms with van der Waals surface area (Å²) in [5.74, 6) is 0. The quantitative estimate of drug-likeness (QED) is 0.217. The van der Waals surface area contributed by atoms with Gasteiger partial charge in [0.1, 0.15) is 0 Å². The predicted octanol–water partition coefficient (Wildman–Crippen LogP) is 7.55. The van der Waals surface area contributed by atoms with E-state index < -0.39 is 11.7 Å². The number of hydrogen-bond donors (Lipinski definition) is 2. The molecule has 0 aliphatic heterocycles. The largest absolute Gasteiger partial charge is 0.390 e. The van der Waals surface area contributed by atoms with Gasteiger partial charge in [-0.3, -0.25) is 0 Å². The van der Waals surface area contributed by atoms with Gasteiger partial charge in [-0.2, -0.15) is 0 Å². The van der Waals surface area contributed by atoms with E-state index in [0.29, 0.717) is 0 Å². The molecule has 158 valence electrons. The molecule has 0 bridgehead atoms. The van der Waals surface area contributed by atoms with Crippen molar-refractivity contribution in [3.8, 4) is 0 Å². The molecule has 0 aliphatic carbocycles. The summed E-state index contributed by atoms with van der Waals surface area (Å²) in [7, 11) is 0. The molecular formula is C24H50O2. The zero-order valence-corrected chi connectivity index (χ0v) is 18.4. The third-order valence-electron chi connectivity index (χ3n) is 5.88. The molecule has 0 saturated carbocycles. The highest BCUT2D eigenvalue weighted by Gasteiger charge is 2.33. The Labute approximate surface area is 165 Å². The highest BCUT2D eigenvalue weighted by atomic mass is 16.3. The van der Waals surface area contributed by atoms with Gasteiger partial charge in [-0.05, 0) is 19.3 Å². The lowest BCUT2D eigenvalue weighted by Gasteiger charge is -2.34. The van der Waals surface area contributed by atoms with Gasteiger partial charge in [0.2, 0.25) is 0 Å². The highest BCUT2D eigenvalue weighted by molar-refractivity contribution is 4.86. The first kappa shape index (κ1) is 25.9. The minimum absolute atomic E-state index is 0.536. The van der Waals surface area contributed by atoms with Gasteiger partial charge >= 0.3 is 0 Å². The Hall–Kier alpha value is -0.0800. The Morgan fingerprint density at radius 1 is 0.538 bits per heavy atom. The third kappa shape index (κ3) is 14.0. The molecule has 0 radical (unpaired) electrons. The minimum atomic E-state index is -0.846. The van der Waals surface area contributed by atoms with Gasteiger partial charge in [0.15, 0.2) is 0 Å². The van der Waals surface area contributed by atoms with Crippen LogP contribution < -0.4 is 0 Å². The minimum Gasteiger partial charge on any atom is -0.390 e. The molecule has 2 nitrogen and oxygen atoms in total. The van der Waals surface area contributed by atoms with Crippen LogP contribution in [0, 0.1) is 0 Å². The van der Waals surface area contributed by atoms with Crippen molar-refractivity contribution in [1.29, 1.82) is 0 Å². The van der Waals surface area contributed by atoms with E-state index in [4.69, 9.17) is 0 Å². The first-order valence-electron chi connectivity index (χ1n) is 12.0. The molecule has 2 heteroatoms. The third-order valence-corrected chi connectivity index (χ3v) is 5.88. The number of aliphatic hydroxyl groups excluding tert-OH is 1. The highest BCUT2D eigenvalue weighted by Crippen LogP contribution is 2.29. The molecule has 0 aromatic rings. The smallest absolute Gasteiger partial charge is 0.0905 e. The van der Waals surface area contributed by atoms with Crippen LogP contribution in [-0.2, 0) is 0 Å². The van der Waals surface area contributed by atoms with Crippen LogP contribution in [0.5, 0.6) is 0 Å². The average molecular weight is 371 g/mol. The summed E-state index contributed by atoms with van der Waals surface area (Å²) in [6, 6.07) is 0. The lowest BCUT2D eigenvalue weighted by Crippen LogP contribution is -2.42. The van der Waals surface area contributed by atoms with Crippen molar-refractivity contribution in [2.45, 2.75) is 154 Å². The van der Waals surface area contributed by atoms with Gasteiger partial charge in [0.25, 0.3) is 0 Å². The molecule has 1 unspecified atom stereocenters. The normalized spacial score (nSPS) is 13.3. The van der Waals surface area contributed by atoms with Crippen LogP contribution in [0.2, 0.25) is 0 Å². The molecule has 0 aromatic carbocycles. The van der Waals surface area contributed by atoms with Gasteiger partial charge in [0, 0.05) is 0 Å². The summed E-state index contributed by atoms with van der Waals surface area (Å²) >= 11 is 0. The molecule has 0 aromatic heterocycles. The monoisotopic (exact) mass is 370 g/mol. The van der Waals surface area contributed by atoms with Crippen molar-refractivity contribution in [2.75, 3.05) is 0 Å². The molecule has 2 N–H and O–H groups in total. The van der Waals surface area contributed by atoms with Crippen LogP contribution >= 0.6 is 0 Å². The predicted molar refractivity (Wildman–Crippen MR) is 116 cm³/mol. The number of aliphatic hydroxyl groups is 2. The first-order chi connectivity index (χ1) is 12.6. The van der Waals surface area contributed by atoms with Gasteiger partial charge in [-0.15, -0.1) is 0 Å². The Balaban J connectivity index is 4.25. The van der Waals surface area contributed by atoms with Crippen LogP contribution in [0.4, 0.5) is 0 Å². The lowest BCUT2D eigenvalue weighted by atomic mass is 9.82. The van der Waals surface area contributed by atoms with E-state index in [0.717, 1.165) is 38.5 Å². The summed E-state index contributed by atoms with van der Waals surface area (Å²) in [5.41, 5.74) is -0.846. The molecular weight excluding hydrogens is 320 g/mol. The van der Waals surface area contributed by atoms with E-state index in [1.54, 1.807) is 0 Å². The van der Waals surface area contributed by atoms with Crippen molar-refractivity contribution in [2.24, 2.45) is 0 Å². The Morgan fingerprint density at radius 3 is 1.31 bits per heavy atom. The van der Waals surface area contributed by atoms with Crippen molar-refractivity contribution < 1.29 is 10.2 Å². The van der Waals surface area contributed by atoms with E-state index in [9.17, 15) is 10.2 Å². The summed E-state index contributed by atoms with van der Waals surface area (Å²) < 4.78 is 0. The Morgan fingerprint density at radius 2 is 0.885 bits per heavy atom. The molecule has 0 amide bonds. The molecule has 1 atom stereocenters. The van der Waals surface area contributed by atoms with Gasteiger partial charge < -0.3 is 10.2 Å². The second kappa shape index (κ2) is 18.3. The standard InChI is InChI=1S/C24H50O2/c1-4-7-10-13-15-18-21-24(26,22-19-16-14-11-8-5-2)23(25)20-17-12-9-6-3/h23,25-26H,4-22H2,1-3H3. The molecule has 0 aliphatic rings. The van der Waals surface area contributed by atoms with Crippen LogP contribution in [0.15, 0.2) is 0 Å². The van der Waals surface area contributed by atoms with E-state index in [2.05, 4.69) is 20.8 Å². The number of rotatable bonds is 20. The zero-order chi connectivity index (χ0) is 19.5. The van der Waals surface area contributed by atoms with Crippen LogP contribution in [0.3, 0.4) is 0 Å². The van der Waals surface area contributed by atoms with Crippen LogP contribution in [0.25, 0.3) is 0 Å². The zero-order valence-electron chi connectivity index (χ0n) is 18.4. The van der Waals surface area contributed by atoms with Crippen LogP contribution in [0.1, 0.15) is 143 Å². The molecule has 0 heterocycles. The van der Waals surface area contributed by atoms with Crippen LogP contribution in [-0.4, -0.2) is 21.9 Å². The van der Waals surface area contributed by atoms with Crippen molar-refractivity contribution >= 4 is 0 Å². The number of unbranched alkanes of at least 4 members (excludes halogenated alkanes) is 13. The van der Waals surface area contributed by atoms with E-state index in [-0.39, 0.29) is 0 Å². The Bertz CT molecular complexity index is 261. The summed E-state index contributed by atoms with van der Waals surface area (Å²) in [6.07, 6.45) is 21.3. The van der Waals surface area contributed by atoms with E-state index in [1.807, 2.05) is 0 Å². The second-order valence-corrected chi connectivity index (χ2v) is 8.50. The maximum atomic E-state index is 11.2. The summed E-state index contributed by atoms with van der Waals surface area (Å²) in [4.78, 5) is 0. The Kier molecular flexibility index (Phi) is 18.2. The van der Waals surface area contributed by atoms with Gasteiger partial charge in [-0.1, -0.05) is 124 Å².